The fourth-order valence-electron chi connectivity index (χ4n) is 2.44. The number of carbonyl (C=O) groups excluding carboxylic acids is 1. The minimum atomic E-state index is -0.480. The van der Waals surface area contributed by atoms with Crippen LogP contribution < -0.4 is 0 Å². The van der Waals surface area contributed by atoms with Gasteiger partial charge in [0, 0.05) is 12.8 Å². The molecule has 1 aliphatic rings. The molecule has 3 heteroatoms. The maximum Gasteiger partial charge on any atom is 0.136 e. The standard InChI is InChI=1S/C13H24O3/c1-11(2,3)15-16-13(6)8-10(14)7-12(4,5)9-13/h7-9H2,1-6H3. The normalized spacial score (nSPS) is 30.5. The molecule has 0 saturated heterocycles. The van der Waals surface area contributed by atoms with Crippen molar-refractivity contribution in [2.24, 2.45) is 5.41 Å². The third-order valence-electron chi connectivity index (χ3n) is 2.59. The van der Waals surface area contributed by atoms with Gasteiger partial charge in [0.1, 0.15) is 11.4 Å². The van der Waals surface area contributed by atoms with Gasteiger partial charge in [0.05, 0.1) is 5.60 Å². The van der Waals surface area contributed by atoms with E-state index in [1.807, 2.05) is 27.7 Å². The van der Waals surface area contributed by atoms with Crippen LogP contribution in [0.5, 0.6) is 0 Å². The Morgan fingerprint density at radius 3 is 2.12 bits per heavy atom. The molecule has 0 aliphatic heterocycles. The van der Waals surface area contributed by atoms with Crippen LogP contribution in [-0.2, 0) is 14.6 Å². The minimum Gasteiger partial charge on any atom is -0.300 e. The van der Waals surface area contributed by atoms with Gasteiger partial charge in [-0.1, -0.05) is 13.8 Å². The molecule has 1 fully saturated rings. The van der Waals surface area contributed by atoms with Gasteiger partial charge in [0.15, 0.2) is 0 Å². The average molecular weight is 228 g/mol. The smallest absolute Gasteiger partial charge is 0.136 e. The lowest BCUT2D eigenvalue weighted by atomic mass is 9.70. The second-order valence-corrected chi connectivity index (χ2v) is 6.96. The molecule has 1 aliphatic carbocycles. The van der Waals surface area contributed by atoms with E-state index in [2.05, 4.69) is 13.8 Å². The number of ketones is 1. The van der Waals surface area contributed by atoms with Crippen LogP contribution >= 0.6 is 0 Å². The topological polar surface area (TPSA) is 35.5 Å². The van der Waals surface area contributed by atoms with Gasteiger partial charge >= 0.3 is 0 Å². The van der Waals surface area contributed by atoms with Crippen LogP contribution in [0.2, 0.25) is 0 Å². The SMILES string of the molecule is CC1(C)CC(=O)CC(C)(OOC(C)(C)C)C1. The van der Waals surface area contributed by atoms with Crippen LogP contribution in [-0.4, -0.2) is 17.0 Å². The maximum absolute atomic E-state index is 11.7. The van der Waals surface area contributed by atoms with Gasteiger partial charge in [0.25, 0.3) is 0 Å². The average Bonchev–Trinajstić information content (AvgIpc) is 1.94. The van der Waals surface area contributed by atoms with Crippen LogP contribution in [0.1, 0.15) is 60.8 Å². The van der Waals surface area contributed by atoms with Crippen molar-refractivity contribution in [3.05, 3.63) is 0 Å². The van der Waals surface area contributed by atoms with E-state index < -0.39 is 5.60 Å². The third kappa shape index (κ3) is 4.22. The molecule has 0 N–H and O–H groups in total. The molecule has 0 aromatic heterocycles. The minimum absolute atomic E-state index is 0.00529. The van der Waals surface area contributed by atoms with Crippen molar-refractivity contribution in [2.75, 3.05) is 0 Å². The molecule has 1 saturated carbocycles. The molecule has 1 atom stereocenters. The van der Waals surface area contributed by atoms with E-state index in [-0.39, 0.29) is 16.8 Å². The highest BCUT2D eigenvalue weighted by molar-refractivity contribution is 5.81. The second-order valence-electron chi connectivity index (χ2n) is 6.96. The predicted octanol–water partition coefficient (Wildman–Crippen LogP) is 3.27. The number of hydrogen-bond acceptors (Lipinski definition) is 3. The first-order valence-corrected chi connectivity index (χ1v) is 5.90. The monoisotopic (exact) mass is 228 g/mol. The van der Waals surface area contributed by atoms with Crippen molar-refractivity contribution in [3.8, 4) is 0 Å². The lowest BCUT2D eigenvalue weighted by molar-refractivity contribution is -0.405. The Morgan fingerprint density at radius 1 is 1.12 bits per heavy atom. The van der Waals surface area contributed by atoms with Gasteiger partial charge in [-0.25, -0.2) is 9.78 Å². The van der Waals surface area contributed by atoms with E-state index >= 15 is 0 Å². The second kappa shape index (κ2) is 4.11. The van der Waals surface area contributed by atoms with Crippen molar-refractivity contribution in [1.82, 2.24) is 0 Å². The lowest BCUT2D eigenvalue weighted by Crippen LogP contribution is -2.44. The van der Waals surface area contributed by atoms with Crippen molar-refractivity contribution >= 4 is 5.78 Å². The molecule has 1 rings (SSSR count). The molecule has 16 heavy (non-hydrogen) atoms. The zero-order chi connectivity index (χ0) is 12.6. The molecule has 0 radical (unpaired) electrons. The highest BCUT2D eigenvalue weighted by atomic mass is 17.2. The van der Waals surface area contributed by atoms with Gasteiger partial charge < -0.3 is 0 Å². The van der Waals surface area contributed by atoms with Gasteiger partial charge in [-0.15, -0.1) is 0 Å². The molecule has 0 aromatic rings. The van der Waals surface area contributed by atoms with Crippen LogP contribution in [0.25, 0.3) is 0 Å². The fourth-order valence-corrected chi connectivity index (χ4v) is 2.44. The quantitative estimate of drug-likeness (QED) is 0.537. The summed E-state index contributed by atoms with van der Waals surface area (Å²) in [5.41, 5.74) is -0.814. The summed E-state index contributed by atoms with van der Waals surface area (Å²) in [6, 6.07) is 0. The maximum atomic E-state index is 11.7. The summed E-state index contributed by atoms with van der Waals surface area (Å²) in [7, 11) is 0. The van der Waals surface area contributed by atoms with Crippen LogP contribution in [0.3, 0.4) is 0 Å². The molecule has 94 valence electrons. The molecule has 0 bridgehead atoms. The highest BCUT2D eigenvalue weighted by Crippen LogP contribution is 2.41. The van der Waals surface area contributed by atoms with Crippen molar-refractivity contribution in [1.29, 1.82) is 0 Å². The molecule has 1 unspecified atom stereocenters. The van der Waals surface area contributed by atoms with E-state index in [1.165, 1.54) is 0 Å². The Kier molecular flexibility index (Phi) is 3.51. The van der Waals surface area contributed by atoms with Crippen LogP contribution in [0.15, 0.2) is 0 Å². The Labute approximate surface area is 98.4 Å². The summed E-state index contributed by atoms with van der Waals surface area (Å²) in [6.45, 7) is 12.0. The predicted molar refractivity (Wildman–Crippen MR) is 63.0 cm³/mol. The highest BCUT2D eigenvalue weighted by Gasteiger charge is 2.43. The number of Topliss-reactive ketones (excluding diaryl/α,β-unsaturated/α-hetero) is 1. The van der Waals surface area contributed by atoms with Gasteiger partial charge in [-0.2, -0.15) is 0 Å². The largest absolute Gasteiger partial charge is 0.300 e. The fraction of sp³-hybridized carbons (Fsp3) is 0.923. The first-order chi connectivity index (χ1) is 7.02. The van der Waals surface area contributed by atoms with E-state index in [9.17, 15) is 4.79 Å². The number of rotatable bonds is 2. The summed E-state index contributed by atoms with van der Waals surface area (Å²) in [5.74, 6) is 0.260. The number of hydrogen-bond donors (Lipinski definition) is 0. The van der Waals surface area contributed by atoms with Crippen molar-refractivity contribution in [2.45, 2.75) is 72.0 Å². The van der Waals surface area contributed by atoms with E-state index in [4.69, 9.17) is 9.78 Å². The number of carbonyl (C=O) groups is 1. The Morgan fingerprint density at radius 2 is 1.69 bits per heavy atom. The Balaban J connectivity index is 2.65. The molecule has 0 amide bonds. The van der Waals surface area contributed by atoms with E-state index in [0.29, 0.717) is 12.8 Å². The van der Waals surface area contributed by atoms with Crippen molar-refractivity contribution < 1.29 is 14.6 Å². The molecule has 3 nitrogen and oxygen atoms in total. The summed E-state index contributed by atoms with van der Waals surface area (Å²) >= 11 is 0. The Hall–Kier alpha value is -0.410. The first kappa shape index (κ1) is 13.7. The van der Waals surface area contributed by atoms with Gasteiger partial charge in [0.2, 0.25) is 0 Å². The molecule has 0 spiro atoms. The van der Waals surface area contributed by atoms with Gasteiger partial charge in [-0.05, 0) is 39.5 Å². The summed E-state index contributed by atoms with van der Waals surface area (Å²) in [6.07, 6.45) is 1.94. The van der Waals surface area contributed by atoms with Crippen LogP contribution in [0, 0.1) is 5.41 Å². The van der Waals surface area contributed by atoms with Crippen LogP contribution in [0.4, 0.5) is 0 Å². The lowest BCUT2D eigenvalue weighted by Gasteiger charge is -2.41. The van der Waals surface area contributed by atoms with E-state index in [1.54, 1.807) is 0 Å². The summed E-state index contributed by atoms with van der Waals surface area (Å²) in [5, 5.41) is 0. The molecule has 0 aromatic carbocycles. The Bertz CT molecular complexity index is 275. The molecule has 0 heterocycles. The van der Waals surface area contributed by atoms with Crippen molar-refractivity contribution in [3.63, 3.8) is 0 Å². The van der Waals surface area contributed by atoms with E-state index in [0.717, 1.165) is 6.42 Å². The summed E-state index contributed by atoms with van der Waals surface area (Å²) < 4.78 is 0. The van der Waals surface area contributed by atoms with Gasteiger partial charge in [-0.3, -0.25) is 4.79 Å². The third-order valence-corrected chi connectivity index (χ3v) is 2.59. The zero-order valence-electron chi connectivity index (χ0n) is 11.3. The molecular weight excluding hydrogens is 204 g/mol. The zero-order valence-corrected chi connectivity index (χ0v) is 11.3. The summed E-state index contributed by atoms with van der Waals surface area (Å²) in [4.78, 5) is 22.6. The first-order valence-electron chi connectivity index (χ1n) is 5.90. The molecular formula is C13H24O3.